The summed E-state index contributed by atoms with van der Waals surface area (Å²) in [7, 11) is 0. The van der Waals surface area contributed by atoms with Gasteiger partial charge in [0.15, 0.2) is 0 Å². The maximum Gasteiger partial charge on any atom is 0.407 e. The van der Waals surface area contributed by atoms with E-state index in [1.165, 1.54) is 98.5 Å². The SMILES string of the molecule is C=CC(=O)N(CCCCCCCC)CCC[C@@H](C)[C@H]1CC[C@H]2C([C@@H](CC)OCCCNC(=O)OCC3c4ccccc4-c4ccccc43)[C@@H](C3(C)CCC(OCCCNC(=O)OCC4c5ccccc5-c5ccccc54)CC3)C[C@H](OCCCNC(=O)OCC3c4ccccc4-c4ccccc43)C12C. The first kappa shape index (κ1) is 75.9. The summed E-state index contributed by atoms with van der Waals surface area (Å²) in [5.74, 6) is 1.58. The zero-order chi connectivity index (χ0) is 72.4. The molecule has 3 saturated carbocycles. The van der Waals surface area contributed by atoms with Crippen molar-refractivity contribution in [3.05, 3.63) is 192 Å². The number of unbranched alkanes of at least 4 members (excludes halogenated alkanes) is 5. The molecule has 6 aromatic rings. The van der Waals surface area contributed by atoms with Crippen LogP contribution in [0.1, 0.15) is 208 Å². The molecular weight excluding hydrogens is 1300 g/mol. The van der Waals surface area contributed by atoms with E-state index in [0.29, 0.717) is 76.5 Å². The molecule has 14 nitrogen and oxygen atoms in total. The topological polar surface area (TPSA) is 163 Å². The largest absolute Gasteiger partial charge is 0.449 e. The number of carbonyl (C=O) groups is 4. The zero-order valence-corrected chi connectivity index (χ0v) is 62.7. The van der Waals surface area contributed by atoms with Crippen LogP contribution in [0.3, 0.4) is 0 Å². The third-order valence-electron chi connectivity index (χ3n) is 25.1. The van der Waals surface area contributed by atoms with E-state index in [2.05, 4.69) is 203 Å². The van der Waals surface area contributed by atoms with Gasteiger partial charge >= 0.3 is 18.3 Å². The highest BCUT2D eigenvalue weighted by molar-refractivity contribution is 5.87. The number of amides is 4. The Kier molecular flexibility index (Phi) is 26.6. The van der Waals surface area contributed by atoms with Crippen LogP contribution in [0.15, 0.2) is 158 Å². The van der Waals surface area contributed by atoms with Crippen LogP contribution in [0, 0.1) is 40.4 Å². The Hall–Kier alpha value is -7.78. The summed E-state index contributed by atoms with van der Waals surface area (Å²) in [6.07, 6.45) is 19.1. The molecule has 3 N–H and O–H groups in total. The molecule has 2 unspecified atom stereocenters. The van der Waals surface area contributed by atoms with Crippen LogP contribution < -0.4 is 16.0 Å². The van der Waals surface area contributed by atoms with E-state index >= 15 is 0 Å². The molecule has 0 spiro atoms. The Morgan fingerprint density at radius 3 is 1.37 bits per heavy atom. The highest BCUT2D eigenvalue weighted by atomic mass is 16.6. The minimum absolute atomic E-state index is 0.00463. The Morgan fingerprint density at radius 2 is 0.923 bits per heavy atom. The van der Waals surface area contributed by atoms with E-state index < -0.39 is 18.3 Å². The maximum absolute atomic E-state index is 13.5. The van der Waals surface area contributed by atoms with Gasteiger partial charge in [-0.25, -0.2) is 14.4 Å². The van der Waals surface area contributed by atoms with Gasteiger partial charge in [0.2, 0.25) is 5.91 Å². The molecule has 6 aliphatic rings. The van der Waals surface area contributed by atoms with Gasteiger partial charge in [-0.15, -0.1) is 0 Å². The molecule has 0 heterocycles. The van der Waals surface area contributed by atoms with Gasteiger partial charge in [0.25, 0.3) is 0 Å². The van der Waals surface area contributed by atoms with Gasteiger partial charge in [-0.05, 0) is 198 Å². The van der Waals surface area contributed by atoms with Crippen LogP contribution in [-0.2, 0) is 33.2 Å². The van der Waals surface area contributed by atoms with E-state index in [1.54, 1.807) is 0 Å². The molecule has 0 saturated heterocycles. The van der Waals surface area contributed by atoms with Gasteiger partial charge in [0.05, 0.1) is 18.3 Å². The molecule has 14 heteroatoms. The number of nitrogens with zero attached hydrogens (tertiary/aromatic N) is 1. The second kappa shape index (κ2) is 36.5. The fraction of sp³-hybridized carbons (Fsp3) is 0.533. The third-order valence-corrected chi connectivity index (χ3v) is 25.1. The van der Waals surface area contributed by atoms with Gasteiger partial charge in [-0.1, -0.05) is 219 Å². The minimum Gasteiger partial charge on any atom is -0.449 e. The van der Waals surface area contributed by atoms with Crippen molar-refractivity contribution in [3.63, 3.8) is 0 Å². The van der Waals surface area contributed by atoms with Crippen molar-refractivity contribution in [2.24, 2.45) is 40.4 Å². The van der Waals surface area contributed by atoms with Gasteiger partial charge < -0.3 is 49.3 Å². The van der Waals surface area contributed by atoms with E-state index in [9.17, 15) is 19.2 Å². The summed E-state index contributed by atoms with van der Waals surface area (Å²) in [5, 5.41) is 9.16. The van der Waals surface area contributed by atoms with Crippen molar-refractivity contribution >= 4 is 24.2 Å². The number of alkyl carbamates (subject to hydrolysis) is 3. The van der Waals surface area contributed by atoms with Crippen molar-refractivity contribution < 1.29 is 47.6 Å². The van der Waals surface area contributed by atoms with Crippen molar-refractivity contribution in [1.82, 2.24) is 20.9 Å². The molecule has 0 aliphatic heterocycles. The number of benzene rings is 6. The molecule has 0 radical (unpaired) electrons. The van der Waals surface area contributed by atoms with Crippen LogP contribution in [-0.4, -0.2) is 120 Å². The van der Waals surface area contributed by atoms with E-state index in [1.807, 2.05) is 4.90 Å². The van der Waals surface area contributed by atoms with E-state index in [0.717, 1.165) is 90.1 Å². The fourth-order valence-corrected chi connectivity index (χ4v) is 19.8. The average Bonchev–Trinajstić information content (AvgIpc) is 1.42. The molecule has 3 fully saturated rings. The highest BCUT2D eigenvalue weighted by Gasteiger charge is 2.63. The Bertz CT molecular complexity index is 3690. The predicted molar refractivity (Wildman–Crippen MR) is 414 cm³/mol. The van der Waals surface area contributed by atoms with E-state index in [-0.39, 0.29) is 84.5 Å². The average molecular weight is 1410 g/mol. The number of ether oxygens (including phenoxy) is 6. The normalized spacial score (nSPS) is 22.7. The highest BCUT2D eigenvalue weighted by Crippen LogP contribution is 2.67. The summed E-state index contributed by atoms with van der Waals surface area (Å²) < 4.78 is 39.3. The summed E-state index contributed by atoms with van der Waals surface area (Å²) >= 11 is 0. The number of hydrogen-bond donors (Lipinski definition) is 3. The lowest BCUT2D eigenvalue weighted by Crippen LogP contribution is -2.59. The van der Waals surface area contributed by atoms with Crippen LogP contribution in [0.4, 0.5) is 14.4 Å². The van der Waals surface area contributed by atoms with Gasteiger partial charge in [-0.2, -0.15) is 0 Å². The minimum atomic E-state index is -0.416. The molecule has 0 bridgehead atoms. The zero-order valence-electron chi connectivity index (χ0n) is 62.7. The summed E-state index contributed by atoms with van der Waals surface area (Å²) in [4.78, 5) is 55.5. The second-order valence-electron chi connectivity index (χ2n) is 31.2. The molecule has 8 atom stereocenters. The lowest BCUT2D eigenvalue weighted by molar-refractivity contribution is -0.192. The number of carbonyl (C=O) groups excluding carboxylic acids is 4. The van der Waals surface area contributed by atoms with E-state index in [4.69, 9.17) is 28.4 Å². The molecule has 0 aromatic heterocycles. The molecular formula is C90H116N4O10. The van der Waals surface area contributed by atoms with Crippen LogP contribution in [0.2, 0.25) is 0 Å². The number of nitrogens with one attached hydrogen (secondary N) is 3. The lowest BCUT2D eigenvalue weighted by Gasteiger charge is -2.60. The first-order chi connectivity index (χ1) is 50.8. The van der Waals surface area contributed by atoms with Crippen LogP contribution >= 0.6 is 0 Å². The number of hydrogen-bond acceptors (Lipinski definition) is 10. The van der Waals surface area contributed by atoms with Crippen molar-refractivity contribution in [3.8, 4) is 33.4 Å². The lowest BCUT2D eigenvalue weighted by atomic mass is 9.48. The molecule has 6 aliphatic carbocycles. The van der Waals surface area contributed by atoms with Gasteiger partial charge in [0.1, 0.15) is 19.8 Å². The van der Waals surface area contributed by atoms with Crippen molar-refractivity contribution in [1.29, 1.82) is 0 Å². The molecule has 4 amide bonds. The molecule has 12 rings (SSSR count). The molecule has 556 valence electrons. The Morgan fingerprint density at radius 1 is 0.510 bits per heavy atom. The Labute approximate surface area is 619 Å². The fourth-order valence-electron chi connectivity index (χ4n) is 19.8. The first-order valence-corrected chi connectivity index (χ1v) is 39.9. The maximum atomic E-state index is 13.5. The summed E-state index contributed by atoms with van der Waals surface area (Å²) in [5.41, 5.74) is 14.1. The number of fused-ring (bicyclic) bond motifs is 10. The summed E-state index contributed by atoms with van der Waals surface area (Å²) in [6, 6.07) is 50.4. The Balaban J connectivity index is 0.707. The second-order valence-corrected chi connectivity index (χ2v) is 31.2. The molecule has 104 heavy (non-hydrogen) atoms. The smallest absolute Gasteiger partial charge is 0.407 e. The monoisotopic (exact) mass is 1410 g/mol. The number of rotatable bonds is 37. The summed E-state index contributed by atoms with van der Waals surface area (Å²) in [6.45, 7) is 21.2. The quantitative estimate of drug-likeness (QED) is 0.0194. The van der Waals surface area contributed by atoms with Gasteiger partial charge in [-0.3, -0.25) is 4.79 Å². The van der Waals surface area contributed by atoms with Crippen molar-refractivity contribution in [2.75, 3.05) is 72.4 Å². The van der Waals surface area contributed by atoms with Crippen LogP contribution in [0.5, 0.6) is 0 Å². The predicted octanol–water partition coefficient (Wildman–Crippen LogP) is 19.4. The van der Waals surface area contributed by atoms with Gasteiger partial charge in [0, 0.05) is 75.7 Å². The first-order valence-electron chi connectivity index (χ1n) is 39.9. The molecule has 6 aromatic carbocycles. The van der Waals surface area contributed by atoms with Crippen molar-refractivity contribution in [2.45, 2.75) is 193 Å². The third kappa shape index (κ3) is 17.5. The standard InChI is InChI=1S/C90H116N4O10/c1-7-10-11-12-13-26-53-94(84(95)9-3)54-27-31-62(4)79-44-45-80-85(82(8-2)100-56-29-51-92-87(97)103-60-77-72-40-22-16-34-66(72)67-35-17-23-41-73(67)77)81(58-83(90(79,80)6)101-57-30-52-93-88(98)104-61-78-74-42-24-18-36-68(74)69-37-19-25-43-75(69)78)89(5)48-46-63(47-49-89)99-55-28-50-91-86(96)102-59-76-70-38-20-14-32-64(70)65-33-15-21-39-71(65)76/h9,14-25,32-43,62-63,76-83,85H,3,7-8,10-13,26-31,44-61H2,1-2,4-6H3,(H,91,96)(H,92,97)(H,93,98)/t62-,63?,79-,80+,81+,82-,83+,85?,89?,90?/m1/s1. The van der Waals surface area contributed by atoms with Crippen LogP contribution in [0.25, 0.3) is 33.4 Å².